The van der Waals surface area contributed by atoms with Crippen molar-refractivity contribution in [1.29, 1.82) is 0 Å². The van der Waals surface area contributed by atoms with Crippen LogP contribution in [0.15, 0.2) is 49.4 Å². The van der Waals surface area contributed by atoms with Crippen LogP contribution in [0.5, 0.6) is 17.4 Å². The average molecular weight is 456 g/mol. The lowest BCUT2D eigenvalue weighted by molar-refractivity contribution is 0.0947. The molecule has 11 heteroatoms. The molecular weight excluding hydrogens is 434 g/mol. The van der Waals surface area contributed by atoms with E-state index in [1.54, 1.807) is 6.92 Å². The van der Waals surface area contributed by atoms with Crippen LogP contribution in [0.3, 0.4) is 0 Å². The van der Waals surface area contributed by atoms with E-state index < -0.39 is 23.9 Å². The minimum absolute atomic E-state index is 0.0363. The van der Waals surface area contributed by atoms with Gasteiger partial charge in [-0.15, -0.1) is 0 Å². The van der Waals surface area contributed by atoms with E-state index in [9.17, 15) is 13.6 Å². The van der Waals surface area contributed by atoms with Gasteiger partial charge in [0.15, 0.2) is 5.75 Å². The number of hydrogen-bond donors (Lipinski definition) is 1. The first-order chi connectivity index (χ1) is 16.1. The first-order valence-corrected chi connectivity index (χ1v) is 10.4. The van der Waals surface area contributed by atoms with Gasteiger partial charge in [0.1, 0.15) is 24.1 Å². The zero-order chi connectivity index (χ0) is 23.2. The summed E-state index contributed by atoms with van der Waals surface area (Å²) in [5.41, 5.74) is 0.526. The number of halogens is 2. The van der Waals surface area contributed by atoms with Crippen molar-refractivity contribution < 1.29 is 23.0 Å². The molecule has 0 unspecified atom stereocenters. The summed E-state index contributed by atoms with van der Waals surface area (Å²) in [7, 11) is 0. The molecule has 3 aromatic heterocycles. The number of ether oxygens (including phenoxy) is 2. The Morgan fingerprint density at radius 1 is 1.18 bits per heavy atom. The van der Waals surface area contributed by atoms with Crippen molar-refractivity contribution in [1.82, 2.24) is 25.3 Å². The number of pyridine rings is 2. The minimum atomic E-state index is -1.24. The van der Waals surface area contributed by atoms with Crippen molar-refractivity contribution in [3.05, 3.63) is 60.8 Å². The van der Waals surface area contributed by atoms with Crippen LogP contribution in [0, 0.1) is 5.82 Å². The topological polar surface area (TPSA) is 102 Å². The molecule has 1 aliphatic rings. The van der Waals surface area contributed by atoms with Gasteiger partial charge in [-0.05, 0) is 19.9 Å². The molecule has 172 valence electrons. The summed E-state index contributed by atoms with van der Waals surface area (Å²) in [6, 6.07) is 1.93. The van der Waals surface area contributed by atoms with Gasteiger partial charge in [0.05, 0.1) is 42.5 Å². The van der Waals surface area contributed by atoms with Crippen LogP contribution >= 0.6 is 0 Å². The fraction of sp³-hybridized carbons (Fsp3) is 0.318. The molecule has 0 bridgehead atoms. The summed E-state index contributed by atoms with van der Waals surface area (Å²) in [5.74, 6) is -0.667. The third-order valence-electron chi connectivity index (χ3n) is 5.00. The van der Waals surface area contributed by atoms with E-state index in [1.807, 2.05) is 0 Å². The average Bonchev–Trinajstić information content (AvgIpc) is 2.83. The predicted molar refractivity (Wildman–Crippen MR) is 115 cm³/mol. The molecule has 0 aliphatic carbocycles. The van der Waals surface area contributed by atoms with Crippen LogP contribution in [0.2, 0.25) is 0 Å². The second kappa shape index (κ2) is 10.3. The van der Waals surface area contributed by atoms with Gasteiger partial charge in [-0.1, -0.05) is 0 Å². The van der Waals surface area contributed by atoms with Crippen molar-refractivity contribution in [2.75, 3.05) is 24.6 Å². The zero-order valence-corrected chi connectivity index (χ0v) is 17.8. The Bertz CT molecular complexity index is 1100. The van der Waals surface area contributed by atoms with E-state index in [4.69, 9.17) is 9.47 Å². The quantitative estimate of drug-likeness (QED) is 0.579. The fourth-order valence-electron chi connectivity index (χ4n) is 3.52. The summed E-state index contributed by atoms with van der Waals surface area (Å²) in [5, 5.41) is 3.12. The summed E-state index contributed by atoms with van der Waals surface area (Å²) in [6.07, 6.45) is 6.92. The number of nitrogens with one attached hydrogen (secondary N) is 1. The molecule has 9 nitrogen and oxygen atoms in total. The van der Waals surface area contributed by atoms with Gasteiger partial charge >= 0.3 is 0 Å². The van der Waals surface area contributed by atoms with Crippen molar-refractivity contribution in [3.8, 4) is 17.4 Å². The Morgan fingerprint density at radius 3 is 2.76 bits per heavy atom. The van der Waals surface area contributed by atoms with Gasteiger partial charge in [-0.3, -0.25) is 14.7 Å². The van der Waals surface area contributed by atoms with E-state index in [0.29, 0.717) is 12.2 Å². The van der Waals surface area contributed by atoms with Gasteiger partial charge in [0.25, 0.3) is 11.8 Å². The summed E-state index contributed by atoms with van der Waals surface area (Å²) in [4.78, 5) is 30.6. The highest BCUT2D eigenvalue weighted by atomic mass is 19.1. The van der Waals surface area contributed by atoms with Crippen LogP contribution in [0.25, 0.3) is 0 Å². The molecule has 33 heavy (non-hydrogen) atoms. The standard InChI is InChI=1S/C22H22F2N6O3/c1-2-32-20-5-15(23)9-29-21(20)33-17-6-16(10-26-11-17)30(19-12-25-4-3-18(19)24)22(31)14-7-27-13-28-8-14/h5-11,13,18-19,25H,2-4,12H2,1H3/t18-,19-/m1/s1. The molecule has 3 aromatic rings. The van der Waals surface area contributed by atoms with Gasteiger partial charge in [-0.25, -0.2) is 23.7 Å². The third-order valence-corrected chi connectivity index (χ3v) is 5.00. The minimum Gasteiger partial charge on any atom is -0.488 e. The van der Waals surface area contributed by atoms with E-state index in [2.05, 4.69) is 25.3 Å². The van der Waals surface area contributed by atoms with Crippen molar-refractivity contribution in [2.24, 2.45) is 0 Å². The summed E-state index contributed by atoms with van der Waals surface area (Å²) < 4.78 is 39.6. The molecule has 0 spiro atoms. The Balaban J connectivity index is 1.69. The zero-order valence-electron chi connectivity index (χ0n) is 17.8. The Morgan fingerprint density at radius 2 is 2.00 bits per heavy atom. The van der Waals surface area contributed by atoms with Crippen LogP contribution in [-0.2, 0) is 0 Å². The highest BCUT2D eigenvalue weighted by molar-refractivity contribution is 6.06. The predicted octanol–water partition coefficient (Wildman–Crippen LogP) is 2.94. The highest BCUT2D eigenvalue weighted by Gasteiger charge is 2.35. The maximum absolute atomic E-state index is 14.9. The number of amides is 1. The second-order valence-electron chi connectivity index (χ2n) is 7.25. The number of alkyl halides is 1. The lowest BCUT2D eigenvalue weighted by Crippen LogP contribution is -2.55. The van der Waals surface area contributed by atoms with Crippen molar-refractivity contribution >= 4 is 11.6 Å². The SMILES string of the molecule is CCOc1cc(F)cnc1Oc1cncc(N(C(=O)c2cncnc2)[C@@H]2CNCC[C@H]2F)c1. The van der Waals surface area contributed by atoms with Crippen molar-refractivity contribution in [3.63, 3.8) is 0 Å². The number of nitrogens with zero attached hydrogens (tertiary/aromatic N) is 5. The normalized spacial score (nSPS) is 17.9. The molecule has 1 fully saturated rings. The number of piperidine rings is 1. The molecular formula is C22H22F2N6O3. The molecule has 1 N–H and O–H groups in total. The maximum atomic E-state index is 14.9. The molecule has 0 saturated carbocycles. The Kier molecular flexibility index (Phi) is 6.98. The van der Waals surface area contributed by atoms with Gasteiger partial charge < -0.3 is 14.8 Å². The van der Waals surface area contributed by atoms with Gasteiger partial charge in [0, 0.05) is 31.1 Å². The van der Waals surface area contributed by atoms with Crippen molar-refractivity contribution in [2.45, 2.75) is 25.6 Å². The molecule has 1 amide bonds. The van der Waals surface area contributed by atoms with E-state index in [0.717, 1.165) is 12.3 Å². The van der Waals surface area contributed by atoms with Crippen LogP contribution < -0.4 is 19.7 Å². The van der Waals surface area contributed by atoms with Crippen LogP contribution in [-0.4, -0.2) is 57.8 Å². The van der Waals surface area contributed by atoms with E-state index in [1.165, 1.54) is 42.1 Å². The third kappa shape index (κ3) is 5.20. The number of carbonyl (C=O) groups excluding carboxylic acids is 1. The molecule has 2 atom stereocenters. The molecule has 4 rings (SSSR count). The first kappa shape index (κ1) is 22.5. The highest BCUT2D eigenvalue weighted by Crippen LogP contribution is 2.32. The Labute approximate surface area is 188 Å². The molecule has 1 saturated heterocycles. The number of aromatic nitrogens is 4. The number of anilines is 1. The molecule has 0 aromatic carbocycles. The number of carbonyl (C=O) groups is 1. The van der Waals surface area contributed by atoms with Crippen LogP contribution in [0.1, 0.15) is 23.7 Å². The monoisotopic (exact) mass is 456 g/mol. The molecule has 4 heterocycles. The maximum Gasteiger partial charge on any atom is 0.262 e. The lowest BCUT2D eigenvalue weighted by atomic mass is 10.0. The fourth-order valence-corrected chi connectivity index (χ4v) is 3.52. The smallest absolute Gasteiger partial charge is 0.262 e. The van der Waals surface area contributed by atoms with Gasteiger partial charge in [-0.2, -0.15) is 0 Å². The van der Waals surface area contributed by atoms with Gasteiger partial charge in [0.2, 0.25) is 0 Å². The summed E-state index contributed by atoms with van der Waals surface area (Å²) >= 11 is 0. The number of hydrogen-bond acceptors (Lipinski definition) is 8. The first-order valence-electron chi connectivity index (χ1n) is 10.4. The molecule has 1 aliphatic heterocycles. The van der Waals surface area contributed by atoms with E-state index >= 15 is 0 Å². The summed E-state index contributed by atoms with van der Waals surface area (Å²) in [6.45, 7) is 2.82. The molecule has 0 radical (unpaired) electrons. The lowest BCUT2D eigenvalue weighted by Gasteiger charge is -2.36. The van der Waals surface area contributed by atoms with Crippen LogP contribution in [0.4, 0.5) is 14.5 Å². The second-order valence-corrected chi connectivity index (χ2v) is 7.25. The number of rotatable bonds is 7. The van der Waals surface area contributed by atoms with E-state index in [-0.39, 0.29) is 42.5 Å². The Hall–Kier alpha value is -3.73. The largest absolute Gasteiger partial charge is 0.488 e.